The highest BCUT2D eigenvalue weighted by Gasteiger charge is 2.53. The summed E-state index contributed by atoms with van der Waals surface area (Å²) in [5.41, 5.74) is 8.02. The first kappa shape index (κ1) is 90.4. The number of halogens is 4. The molecule has 13 unspecified atom stereocenters. The van der Waals surface area contributed by atoms with Gasteiger partial charge in [0.2, 0.25) is 0 Å². The van der Waals surface area contributed by atoms with Gasteiger partial charge >= 0.3 is 18.3 Å². The summed E-state index contributed by atoms with van der Waals surface area (Å²) in [6, 6.07) is 39.9. The number of para-hydroxylation sites is 2. The lowest BCUT2D eigenvalue weighted by Crippen LogP contribution is -2.56. The number of hydrogen-bond donors (Lipinski definition) is 0. The zero-order chi connectivity index (χ0) is 86.6. The number of benzene rings is 5. The maximum absolute atomic E-state index is 13.1. The maximum atomic E-state index is 13.1. The molecule has 0 aromatic heterocycles. The van der Waals surface area contributed by atoms with Gasteiger partial charge in [0.1, 0.15) is 11.5 Å². The Labute approximate surface area is 765 Å². The molecule has 13 saturated heterocycles. The number of nitrogens with zero attached hydrogens (tertiary/aromatic N) is 13. The summed E-state index contributed by atoms with van der Waals surface area (Å²) in [6.07, 6.45) is 27.2. The molecular formula is C100H141Cl4N13O8. The van der Waals surface area contributed by atoms with Crippen LogP contribution in [0.4, 0.5) is 42.8 Å². The van der Waals surface area contributed by atoms with Crippen molar-refractivity contribution in [2.45, 2.75) is 242 Å². The minimum Gasteiger partial charge on any atom is -0.495 e. The third kappa shape index (κ3) is 20.5. The first-order chi connectivity index (χ1) is 60.7. The highest BCUT2D eigenvalue weighted by molar-refractivity contribution is 6.33. The maximum Gasteiger partial charge on any atom is 0.412 e. The number of amides is 3. The molecule has 4 saturated carbocycles. The van der Waals surface area contributed by atoms with Crippen LogP contribution in [0.25, 0.3) is 0 Å². The second-order valence-corrected chi connectivity index (χ2v) is 41.0. The highest BCUT2D eigenvalue weighted by Crippen LogP contribution is 2.50. The van der Waals surface area contributed by atoms with Gasteiger partial charge in [0.05, 0.1) is 60.2 Å². The zero-order valence-electron chi connectivity index (χ0n) is 75.7. The van der Waals surface area contributed by atoms with Crippen LogP contribution in [0, 0.1) is 43.4 Å². The van der Waals surface area contributed by atoms with Gasteiger partial charge in [0.15, 0.2) is 5.72 Å². The first-order valence-electron chi connectivity index (χ1n) is 48.4. The Kier molecular flexibility index (Phi) is 29.6. The smallest absolute Gasteiger partial charge is 0.412 e. The van der Waals surface area contributed by atoms with Crippen LogP contribution in [0.1, 0.15) is 173 Å². The molecule has 0 N–H and O–H groups in total. The van der Waals surface area contributed by atoms with Crippen molar-refractivity contribution in [3.8, 4) is 11.5 Å². The fraction of sp³-hybridized carbons (Fsp3) is 0.670. The predicted molar refractivity (Wildman–Crippen MR) is 505 cm³/mol. The van der Waals surface area contributed by atoms with E-state index < -0.39 is 5.72 Å². The highest BCUT2D eigenvalue weighted by atomic mass is 35.5. The number of carbonyl (C=O) groups excluding carboxylic acids is 3. The lowest BCUT2D eigenvalue weighted by atomic mass is 9.84. The number of methoxy groups -OCH3 is 2. The van der Waals surface area contributed by atoms with E-state index in [1.807, 2.05) is 84.3 Å². The lowest BCUT2D eigenvalue weighted by Gasteiger charge is -2.46. The number of fused-ring (bicyclic) bond motifs is 9. The number of ether oxygens (including phenoxy) is 5. The van der Waals surface area contributed by atoms with Gasteiger partial charge in [0, 0.05) is 213 Å². The predicted octanol–water partition coefficient (Wildman–Crippen LogP) is 18.9. The van der Waals surface area contributed by atoms with E-state index in [2.05, 4.69) is 117 Å². The number of aryl methyl sites for hydroxylation is 2. The van der Waals surface area contributed by atoms with Gasteiger partial charge in [-0.25, -0.2) is 14.4 Å². The Morgan fingerprint density at radius 3 is 1.30 bits per heavy atom. The van der Waals surface area contributed by atoms with Crippen LogP contribution in [0.5, 0.6) is 11.5 Å². The molecule has 0 radical (unpaired) electrons. The van der Waals surface area contributed by atoms with Crippen molar-refractivity contribution >= 4 is 93.1 Å². The molecule has 3 amide bonds. The monoisotopic (exact) mass is 1790 g/mol. The van der Waals surface area contributed by atoms with Crippen molar-refractivity contribution < 1.29 is 38.1 Å². The molecule has 13 heterocycles. The molecule has 22 rings (SSSR count). The van der Waals surface area contributed by atoms with Crippen molar-refractivity contribution in [1.82, 2.24) is 39.2 Å². The van der Waals surface area contributed by atoms with E-state index in [1.165, 1.54) is 112 Å². The molecular weight excluding hydrogens is 1650 g/mol. The molecule has 13 aliphatic heterocycles. The van der Waals surface area contributed by atoms with Crippen molar-refractivity contribution in [3.63, 3.8) is 0 Å². The van der Waals surface area contributed by atoms with Crippen molar-refractivity contribution in [2.24, 2.45) is 29.6 Å². The Balaban J connectivity index is 0.000000111. The Morgan fingerprint density at radius 2 is 0.824 bits per heavy atom. The molecule has 4 aliphatic carbocycles. The number of hydrogen-bond acceptors (Lipinski definition) is 18. The molecule has 25 heteroatoms. The third-order valence-electron chi connectivity index (χ3n) is 32.3. The van der Waals surface area contributed by atoms with Gasteiger partial charge < -0.3 is 62.9 Å². The Bertz CT molecular complexity index is 4410. The molecule has 0 spiro atoms. The van der Waals surface area contributed by atoms with Crippen LogP contribution in [0.3, 0.4) is 0 Å². The average molecular weight is 1800 g/mol. The van der Waals surface area contributed by atoms with Crippen molar-refractivity contribution in [3.05, 3.63) is 134 Å². The molecule has 17 fully saturated rings. The van der Waals surface area contributed by atoms with Crippen LogP contribution in [-0.2, 0) is 14.2 Å². The summed E-state index contributed by atoms with van der Waals surface area (Å²) in [7, 11) is 3.39. The summed E-state index contributed by atoms with van der Waals surface area (Å²) < 4.78 is 27.9. The second-order valence-electron chi connectivity index (χ2n) is 39.3. The van der Waals surface area contributed by atoms with Gasteiger partial charge in [-0.3, -0.25) is 24.5 Å². The molecule has 5 aromatic rings. The van der Waals surface area contributed by atoms with E-state index in [0.717, 1.165) is 262 Å². The van der Waals surface area contributed by atoms with E-state index in [-0.39, 0.29) is 18.3 Å². The van der Waals surface area contributed by atoms with E-state index >= 15 is 0 Å². The second kappa shape index (κ2) is 40.9. The van der Waals surface area contributed by atoms with Gasteiger partial charge in [-0.2, -0.15) is 0 Å². The standard InChI is InChI=1S/C22H30ClN3O3.C22H33N3O2.C21H30ClN3O3.C18H25ClN2.C17H23ClN2/c1-22-7-8-24(19-13-16(23)3-6-20(19)28-2)9-10-25(22)14-15-11-17-4-5-18(12-15)26(17)21(27)29-22;1-4-27-22(26)25-18-7-8-19(25)15-20(14-18)23-9-11-24(12-10-23)21-13-16(2)5-6-17(21)3;1-3-28-21(26)25-16-5-6-17(25)14-18(13-16)23-8-10-24(11-9-23)19-12-15(22)4-7-20(19)27-2;19-16-3-1-2-4-18(16)21-11-9-20(10-12-21)17-8-6-14-5-7-15(17)13-14;18-15-3-1-2-4-16(15)19-7-9-20(10-8-19)17-12-13-5-6-14(17)11-13/h3,6,13,15,17-18H,4-5,7-12,14H2,1-2H3;5-6,13,18-20H,4,7-12,14-15H2,1-3H3;4,7,12,16-18H,3,5-6,8-11,13-14H2,1-2H3;1-4,14-15,17H,5-13H2;1-4,13-14,17H,5-12H2. The quantitative estimate of drug-likeness (QED) is 0.103. The van der Waals surface area contributed by atoms with Crippen molar-refractivity contribution in [2.75, 3.05) is 183 Å². The van der Waals surface area contributed by atoms with Crippen molar-refractivity contribution in [1.29, 1.82) is 0 Å². The van der Waals surface area contributed by atoms with Crippen LogP contribution in [-0.4, -0.2) is 282 Å². The van der Waals surface area contributed by atoms with Gasteiger partial charge in [-0.1, -0.05) is 95.6 Å². The number of anilines is 5. The number of rotatable bonds is 13. The largest absolute Gasteiger partial charge is 0.495 e. The number of piperidine rings is 3. The van der Waals surface area contributed by atoms with E-state index in [1.54, 1.807) is 14.2 Å². The Hall–Kier alpha value is -6.53. The van der Waals surface area contributed by atoms with Crippen LogP contribution < -0.4 is 34.0 Å². The summed E-state index contributed by atoms with van der Waals surface area (Å²) in [4.78, 5) is 69.2. The lowest BCUT2D eigenvalue weighted by molar-refractivity contribution is -0.104. The van der Waals surface area contributed by atoms with Gasteiger partial charge in [-0.15, -0.1) is 0 Å². The molecule has 12 bridgehead atoms. The first-order valence-corrected chi connectivity index (χ1v) is 49.9. The van der Waals surface area contributed by atoms with E-state index in [9.17, 15) is 14.4 Å². The summed E-state index contributed by atoms with van der Waals surface area (Å²) in [5.74, 6) is 6.46. The minimum atomic E-state index is -0.581. The molecule has 17 aliphatic rings. The van der Waals surface area contributed by atoms with Crippen LogP contribution in [0.15, 0.2) is 103 Å². The molecule has 21 nitrogen and oxygen atoms in total. The molecule has 13 atom stereocenters. The summed E-state index contributed by atoms with van der Waals surface area (Å²) in [6.45, 7) is 32.4. The molecule has 682 valence electrons. The fourth-order valence-corrected chi connectivity index (χ4v) is 26.8. The number of carbonyl (C=O) groups is 3. The average Bonchev–Trinajstić information content (AvgIpc) is 1.63. The van der Waals surface area contributed by atoms with Gasteiger partial charge in [0.25, 0.3) is 0 Å². The number of piperazine rings is 4. The normalized spacial score (nSPS) is 31.4. The Morgan fingerprint density at radius 1 is 0.400 bits per heavy atom. The minimum absolute atomic E-state index is 0.0943. The SMILES string of the molecule is CCOC(=O)N1C2CCC1CC(N1CCN(c3cc(C)ccc3C)CC1)C2.CCOC(=O)N1C2CCC1CC(N1CCN(c3cc(Cl)ccc3OC)CC1)C2.COc1ccc(Cl)cc1N1CCN2CC3CC4CCC(C3)N4C(=O)OC2(C)CC1.Clc1ccccc1N1CCN(C2CC3CCC2C3)CC1.Clc1ccccc1N1CCN(C2CCC3CCC2C3)CC1. The van der Waals surface area contributed by atoms with Crippen LogP contribution in [0.2, 0.25) is 20.1 Å². The van der Waals surface area contributed by atoms with E-state index in [0.29, 0.717) is 72.5 Å². The molecule has 125 heavy (non-hydrogen) atoms. The van der Waals surface area contributed by atoms with E-state index in [4.69, 9.17) is 70.1 Å². The summed E-state index contributed by atoms with van der Waals surface area (Å²) >= 11 is 25.1. The molecule has 5 aromatic carbocycles. The van der Waals surface area contributed by atoms with Gasteiger partial charge in [-0.05, 0) is 264 Å². The fourth-order valence-electron chi connectivity index (χ4n) is 26.0. The zero-order valence-corrected chi connectivity index (χ0v) is 78.7. The topological polar surface area (TPSA) is 139 Å². The summed E-state index contributed by atoms with van der Waals surface area (Å²) in [5, 5.41) is 3.22. The third-order valence-corrected chi connectivity index (χ3v) is 33.4. The van der Waals surface area contributed by atoms with Crippen LogP contribution >= 0.6 is 46.4 Å².